The first-order chi connectivity index (χ1) is 14.7. The van der Waals surface area contributed by atoms with Gasteiger partial charge >= 0.3 is 6.09 Å². The highest BCUT2D eigenvalue weighted by molar-refractivity contribution is 7.13. The smallest absolute Gasteiger partial charge is 0.409 e. The summed E-state index contributed by atoms with van der Waals surface area (Å²) in [7, 11) is 0. The number of carbonyl (C=O) groups excluding carboxylic acids is 1. The lowest BCUT2D eigenvalue weighted by Gasteiger charge is -2.48. The number of ether oxygens (including phenoxy) is 1. The highest BCUT2D eigenvalue weighted by atomic mass is 32.1. The number of carbonyl (C=O) groups is 1. The number of likely N-dealkylation sites (tertiary alicyclic amines) is 1. The Balaban J connectivity index is 1.17. The molecule has 2 aromatic heterocycles. The Morgan fingerprint density at radius 3 is 2.77 bits per heavy atom. The van der Waals surface area contributed by atoms with Crippen LogP contribution in [0.5, 0.6) is 0 Å². The molecular formula is C21H28N6O2S. The zero-order chi connectivity index (χ0) is 20.6. The minimum absolute atomic E-state index is 0.152. The van der Waals surface area contributed by atoms with Crippen LogP contribution in [0.2, 0.25) is 0 Å². The number of amides is 1. The molecule has 160 valence electrons. The summed E-state index contributed by atoms with van der Waals surface area (Å²) >= 11 is 1.60. The minimum Gasteiger partial charge on any atom is -0.450 e. The fourth-order valence-electron chi connectivity index (χ4n) is 5.25. The maximum atomic E-state index is 11.9. The van der Waals surface area contributed by atoms with Crippen molar-refractivity contribution in [3.8, 4) is 10.6 Å². The highest BCUT2D eigenvalue weighted by Gasteiger charge is 2.51. The molecule has 5 rings (SSSR count). The Morgan fingerprint density at radius 2 is 2.03 bits per heavy atom. The van der Waals surface area contributed by atoms with Crippen molar-refractivity contribution in [1.29, 1.82) is 0 Å². The second kappa shape index (κ2) is 8.11. The van der Waals surface area contributed by atoms with Gasteiger partial charge in [-0.15, -0.1) is 11.3 Å². The van der Waals surface area contributed by atoms with Crippen molar-refractivity contribution in [3.05, 3.63) is 24.1 Å². The minimum atomic E-state index is -0.152. The Morgan fingerprint density at radius 1 is 1.23 bits per heavy atom. The van der Waals surface area contributed by atoms with Crippen LogP contribution in [0, 0.1) is 5.41 Å². The quantitative estimate of drug-likeness (QED) is 0.741. The standard InChI is InChI=1S/C21H28N6O2S/c1-2-29-20(28)27-13-21(14-27)4-3-16(11-21)25-7-9-26(10-8-25)19-18(23-5-6-24-19)17-12-22-15-30-17/h5-6,12,15-16H,2-4,7-11,13-14H2,1H3/t16-/m1/s1. The predicted octanol–water partition coefficient (Wildman–Crippen LogP) is 2.73. The lowest BCUT2D eigenvalue weighted by Crippen LogP contribution is -2.58. The van der Waals surface area contributed by atoms with Gasteiger partial charge in [-0.1, -0.05) is 0 Å². The van der Waals surface area contributed by atoms with E-state index >= 15 is 0 Å². The monoisotopic (exact) mass is 428 g/mol. The van der Waals surface area contributed by atoms with Crippen molar-refractivity contribution in [2.24, 2.45) is 5.41 Å². The molecule has 2 aliphatic heterocycles. The van der Waals surface area contributed by atoms with Crippen LogP contribution >= 0.6 is 11.3 Å². The number of hydrogen-bond acceptors (Lipinski definition) is 8. The van der Waals surface area contributed by atoms with E-state index in [1.54, 1.807) is 23.7 Å². The molecule has 1 saturated carbocycles. The number of nitrogens with zero attached hydrogens (tertiary/aromatic N) is 6. The maximum absolute atomic E-state index is 11.9. The van der Waals surface area contributed by atoms with Crippen molar-refractivity contribution in [3.63, 3.8) is 0 Å². The van der Waals surface area contributed by atoms with Crippen molar-refractivity contribution in [1.82, 2.24) is 24.8 Å². The fourth-order valence-corrected chi connectivity index (χ4v) is 5.86. The summed E-state index contributed by atoms with van der Waals surface area (Å²) in [6, 6.07) is 0.624. The summed E-state index contributed by atoms with van der Waals surface area (Å²) in [4.78, 5) is 33.2. The number of aromatic nitrogens is 3. The van der Waals surface area contributed by atoms with E-state index in [9.17, 15) is 4.79 Å². The van der Waals surface area contributed by atoms with Crippen LogP contribution in [0.1, 0.15) is 26.2 Å². The van der Waals surface area contributed by atoms with Gasteiger partial charge in [0.15, 0.2) is 5.82 Å². The van der Waals surface area contributed by atoms with Gasteiger partial charge in [0.25, 0.3) is 0 Å². The SMILES string of the molecule is CCOC(=O)N1CC2(CC[C@@H](N3CCN(c4nccnc4-c4cncs4)CC3)C2)C1. The van der Waals surface area contributed by atoms with Crippen molar-refractivity contribution in [2.45, 2.75) is 32.2 Å². The molecule has 1 amide bonds. The first-order valence-corrected chi connectivity index (χ1v) is 11.7. The average molecular weight is 429 g/mol. The van der Waals surface area contributed by atoms with Gasteiger partial charge in [-0.05, 0) is 26.2 Å². The molecule has 3 aliphatic rings. The molecule has 0 N–H and O–H groups in total. The Kier molecular flexibility index (Phi) is 5.32. The third-order valence-corrected chi connectivity index (χ3v) is 7.51. The summed E-state index contributed by atoms with van der Waals surface area (Å²) < 4.78 is 5.14. The van der Waals surface area contributed by atoms with E-state index in [0.717, 1.165) is 55.7 Å². The van der Waals surface area contributed by atoms with E-state index in [2.05, 4.69) is 24.8 Å². The van der Waals surface area contributed by atoms with Gasteiger partial charge in [-0.3, -0.25) is 9.88 Å². The number of piperazine rings is 1. The van der Waals surface area contributed by atoms with Crippen molar-refractivity contribution < 1.29 is 9.53 Å². The van der Waals surface area contributed by atoms with E-state index in [1.807, 2.05) is 23.5 Å². The number of rotatable bonds is 4. The van der Waals surface area contributed by atoms with Gasteiger partial charge in [0, 0.05) is 69.3 Å². The second-order valence-electron chi connectivity index (χ2n) is 8.57. The molecule has 0 bridgehead atoms. The molecule has 4 heterocycles. The molecule has 8 nitrogen and oxygen atoms in total. The number of anilines is 1. The number of thiazole rings is 1. The Hall–Kier alpha value is -2.26. The van der Waals surface area contributed by atoms with Crippen LogP contribution in [-0.4, -0.2) is 82.8 Å². The van der Waals surface area contributed by atoms with Crippen LogP contribution in [0.3, 0.4) is 0 Å². The molecule has 0 radical (unpaired) electrons. The molecule has 0 aromatic carbocycles. The van der Waals surface area contributed by atoms with Gasteiger partial charge in [0.1, 0.15) is 5.69 Å². The third-order valence-electron chi connectivity index (χ3n) is 6.73. The zero-order valence-corrected chi connectivity index (χ0v) is 18.2. The van der Waals surface area contributed by atoms with Gasteiger partial charge in [0.2, 0.25) is 0 Å². The molecule has 2 aromatic rings. The van der Waals surface area contributed by atoms with Crippen molar-refractivity contribution >= 4 is 23.2 Å². The van der Waals surface area contributed by atoms with E-state index < -0.39 is 0 Å². The zero-order valence-electron chi connectivity index (χ0n) is 17.4. The molecule has 1 aliphatic carbocycles. The highest BCUT2D eigenvalue weighted by Crippen LogP contribution is 2.47. The summed E-state index contributed by atoms with van der Waals surface area (Å²) in [6.07, 6.45) is 8.89. The molecule has 9 heteroatoms. The molecule has 30 heavy (non-hydrogen) atoms. The lowest BCUT2D eigenvalue weighted by molar-refractivity contribution is -0.00294. The van der Waals surface area contributed by atoms with Crippen LogP contribution in [0.4, 0.5) is 10.6 Å². The molecule has 1 spiro atoms. The van der Waals surface area contributed by atoms with Gasteiger partial charge in [0.05, 0.1) is 17.0 Å². The first-order valence-electron chi connectivity index (χ1n) is 10.8. The van der Waals surface area contributed by atoms with E-state index in [0.29, 0.717) is 18.1 Å². The molecule has 0 unspecified atom stereocenters. The maximum Gasteiger partial charge on any atom is 0.409 e. The Bertz CT molecular complexity index is 877. The molecular weight excluding hydrogens is 400 g/mol. The van der Waals surface area contributed by atoms with Crippen LogP contribution in [-0.2, 0) is 4.74 Å². The van der Waals surface area contributed by atoms with E-state index in [4.69, 9.17) is 4.74 Å². The summed E-state index contributed by atoms with van der Waals surface area (Å²) in [5, 5.41) is 0. The third kappa shape index (κ3) is 3.65. The fraction of sp³-hybridized carbons (Fsp3) is 0.619. The first kappa shape index (κ1) is 19.7. The van der Waals surface area contributed by atoms with Crippen LogP contribution in [0.25, 0.3) is 10.6 Å². The van der Waals surface area contributed by atoms with E-state index in [1.165, 1.54) is 19.3 Å². The molecule has 2 saturated heterocycles. The summed E-state index contributed by atoms with van der Waals surface area (Å²) in [5.74, 6) is 0.966. The summed E-state index contributed by atoms with van der Waals surface area (Å²) in [6.45, 7) is 8.04. The van der Waals surface area contributed by atoms with Gasteiger partial charge < -0.3 is 14.5 Å². The largest absolute Gasteiger partial charge is 0.450 e. The molecule has 1 atom stereocenters. The van der Waals surface area contributed by atoms with Gasteiger partial charge in [-0.2, -0.15) is 0 Å². The van der Waals surface area contributed by atoms with E-state index in [-0.39, 0.29) is 6.09 Å². The lowest BCUT2D eigenvalue weighted by atomic mass is 9.78. The number of hydrogen-bond donors (Lipinski definition) is 0. The summed E-state index contributed by atoms with van der Waals surface area (Å²) in [5.41, 5.74) is 3.09. The topological polar surface area (TPSA) is 74.7 Å². The van der Waals surface area contributed by atoms with Crippen LogP contribution < -0.4 is 4.90 Å². The second-order valence-corrected chi connectivity index (χ2v) is 9.46. The van der Waals surface area contributed by atoms with Crippen molar-refractivity contribution in [2.75, 3.05) is 50.8 Å². The molecule has 3 fully saturated rings. The predicted molar refractivity (Wildman–Crippen MR) is 116 cm³/mol. The van der Waals surface area contributed by atoms with Crippen LogP contribution in [0.15, 0.2) is 24.1 Å². The van der Waals surface area contributed by atoms with Gasteiger partial charge in [-0.25, -0.2) is 14.8 Å². The Labute approximate surface area is 180 Å². The average Bonchev–Trinajstić information content (AvgIpc) is 3.43. The normalized spacial score (nSPS) is 23.6.